The Morgan fingerprint density at radius 1 is 1.50 bits per heavy atom. The summed E-state index contributed by atoms with van der Waals surface area (Å²) >= 11 is 0. The Kier molecular flexibility index (Phi) is 3.87. The molecular weight excluding hydrogens is 262 g/mol. The summed E-state index contributed by atoms with van der Waals surface area (Å²) in [6.07, 6.45) is 1.75. The van der Waals surface area contributed by atoms with E-state index < -0.39 is 11.4 Å². The molecule has 2 N–H and O–H groups in total. The van der Waals surface area contributed by atoms with Crippen LogP contribution in [0.3, 0.4) is 0 Å². The number of nitrogens with zero attached hydrogens (tertiary/aromatic N) is 2. The molecule has 7 nitrogen and oxygen atoms in total. The molecule has 0 radical (unpaired) electrons. The SMILES string of the molecule is CCCC1(C(=O)O)CCN(C(=O)c2ccc(=O)[nH]n2)C1. The number of H-pyrrole nitrogens is 1. The van der Waals surface area contributed by atoms with Crippen LogP contribution in [0.4, 0.5) is 0 Å². The number of carbonyl (C=O) groups excluding carboxylic acids is 1. The van der Waals surface area contributed by atoms with Crippen molar-refractivity contribution in [2.75, 3.05) is 13.1 Å². The van der Waals surface area contributed by atoms with Crippen LogP contribution in [0.5, 0.6) is 0 Å². The van der Waals surface area contributed by atoms with Gasteiger partial charge in [0, 0.05) is 19.2 Å². The van der Waals surface area contributed by atoms with Gasteiger partial charge in [0.15, 0.2) is 0 Å². The van der Waals surface area contributed by atoms with Crippen molar-refractivity contribution < 1.29 is 14.7 Å². The molecule has 2 rings (SSSR count). The van der Waals surface area contributed by atoms with Gasteiger partial charge in [0.1, 0.15) is 5.69 Å². The number of carbonyl (C=O) groups is 2. The molecule has 0 spiro atoms. The molecule has 2 heterocycles. The van der Waals surface area contributed by atoms with Crippen LogP contribution in [0.1, 0.15) is 36.7 Å². The van der Waals surface area contributed by atoms with Gasteiger partial charge in [-0.2, -0.15) is 5.10 Å². The van der Waals surface area contributed by atoms with Crippen LogP contribution in [0, 0.1) is 5.41 Å². The topological polar surface area (TPSA) is 103 Å². The first-order valence-corrected chi connectivity index (χ1v) is 6.57. The molecular formula is C13H17N3O4. The van der Waals surface area contributed by atoms with E-state index in [1.54, 1.807) is 0 Å². The van der Waals surface area contributed by atoms with Crippen LogP contribution >= 0.6 is 0 Å². The molecule has 108 valence electrons. The molecule has 1 amide bonds. The average molecular weight is 279 g/mol. The number of carboxylic acids is 1. The van der Waals surface area contributed by atoms with Gasteiger partial charge < -0.3 is 10.0 Å². The van der Waals surface area contributed by atoms with Gasteiger partial charge in [0.2, 0.25) is 0 Å². The Hall–Kier alpha value is -2.18. The van der Waals surface area contributed by atoms with Crippen LogP contribution < -0.4 is 5.56 Å². The molecule has 1 aromatic rings. The zero-order valence-corrected chi connectivity index (χ0v) is 11.3. The molecule has 0 aromatic carbocycles. The van der Waals surface area contributed by atoms with Gasteiger partial charge in [-0.3, -0.25) is 14.4 Å². The van der Waals surface area contributed by atoms with E-state index in [1.807, 2.05) is 6.92 Å². The maximum Gasteiger partial charge on any atom is 0.311 e. The van der Waals surface area contributed by atoms with E-state index in [9.17, 15) is 19.5 Å². The lowest BCUT2D eigenvalue weighted by Crippen LogP contribution is -2.37. The molecule has 1 atom stereocenters. The number of aromatic amines is 1. The Morgan fingerprint density at radius 2 is 2.25 bits per heavy atom. The van der Waals surface area contributed by atoms with Crippen molar-refractivity contribution in [1.29, 1.82) is 0 Å². The number of hydrogen-bond acceptors (Lipinski definition) is 4. The summed E-state index contributed by atoms with van der Waals surface area (Å²) < 4.78 is 0. The van der Waals surface area contributed by atoms with Crippen LogP contribution in [0.15, 0.2) is 16.9 Å². The standard InChI is InChI=1S/C13H17N3O4/c1-2-5-13(12(19)20)6-7-16(8-13)11(18)9-3-4-10(17)15-14-9/h3-4H,2,5-8H2,1H3,(H,15,17)(H,19,20). The zero-order valence-electron chi connectivity index (χ0n) is 11.3. The highest BCUT2D eigenvalue weighted by atomic mass is 16.4. The maximum atomic E-state index is 12.2. The first-order chi connectivity index (χ1) is 9.48. The Labute approximate surface area is 115 Å². The summed E-state index contributed by atoms with van der Waals surface area (Å²) in [4.78, 5) is 36.1. The van der Waals surface area contributed by atoms with Crippen molar-refractivity contribution >= 4 is 11.9 Å². The first-order valence-electron chi connectivity index (χ1n) is 6.57. The lowest BCUT2D eigenvalue weighted by molar-refractivity contribution is -0.148. The highest BCUT2D eigenvalue weighted by Gasteiger charge is 2.45. The van der Waals surface area contributed by atoms with Gasteiger partial charge in [0.25, 0.3) is 11.5 Å². The predicted octanol–water partition coefficient (Wildman–Crippen LogP) is 0.487. The van der Waals surface area contributed by atoms with Crippen LogP contribution in [0.25, 0.3) is 0 Å². The number of aliphatic carboxylic acids is 1. The quantitative estimate of drug-likeness (QED) is 0.834. The molecule has 1 aromatic heterocycles. The van der Waals surface area contributed by atoms with Crippen LogP contribution in [-0.4, -0.2) is 45.2 Å². The first kappa shape index (κ1) is 14.2. The van der Waals surface area contributed by atoms with E-state index in [2.05, 4.69) is 10.2 Å². The van der Waals surface area contributed by atoms with E-state index in [0.717, 1.165) is 6.42 Å². The number of aromatic nitrogens is 2. The molecule has 20 heavy (non-hydrogen) atoms. The molecule has 0 saturated carbocycles. The number of carboxylic acid groups (broad SMARTS) is 1. The third kappa shape index (κ3) is 2.56. The minimum absolute atomic E-state index is 0.127. The molecule has 0 bridgehead atoms. The van der Waals surface area contributed by atoms with Gasteiger partial charge in [-0.1, -0.05) is 13.3 Å². The van der Waals surface area contributed by atoms with Gasteiger partial charge in [-0.15, -0.1) is 0 Å². The third-order valence-corrected chi connectivity index (χ3v) is 3.72. The lowest BCUT2D eigenvalue weighted by Gasteiger charge is -2.24. The van der Waals surface area contributed by atoms with E-state index in [0.29, 0.717) is 19.4 Å². The lowest BCUT2D eigenvalue weighted by atomic mass is 9.83. The Bertz CT molecular complexity index is 563. The van der Waals surface area contributed by atoms with E-state index in [1.165, 1.54) is 17.0 Å². The highest BCUT2D eigenvalue weighted by Crippen LogP contribution is 2.35. The van der Waals surface area contributed by atoms with Crippen molar-refractivity contribution in [2.24, 2.45) is 5.41 Å². The summed E-state index contributed by atoms with van der Waals surface area (Å²) in [5.41, 5.74) is -1.11. The molecule has 1 saturated heterocycles. The second-order valence-corrected chi connectivity index (χ2v) is 5.12. The largest absolute Gasteiger partial charge is 0.481 e. The van der Waals surface area contributed by atoms with Gasteiger partial charge in [-0.05, 0) is 18.9 Å². The fourth-order valence-electron chi connectivity index (χ4n) is 2.64. The molecule has 1 fully saturated rings. The number of hydrogen-bond donors (Lipinski definition) is 2. The summed E-state index contributed by atoms with van der Waals surface area (Å²) in [7, 11) is 0. The minimum atomic E-state index is -0.857. The second-order valence-electron chi connectivity index (χ2n) is 5.12. The smallest absolute Gasteiger partial charge is 0.311 e. The number of rotatable bonds is 4. The normalized spacial score (nSPS) is 21.9. The van der Waals surface area contributed by atoms with E-state index in [-0.39, 0.29) is 23.7 Å². The zero-order chi connectivity index (χ0) is 14.8. The van der Waals surface area contributed by atoms with Crippen molar-refractivity contribution in [1.82, 2.24) is 15.1 Å². The molecule has 1 aliphatic rings. The second kappa shape index (κ2) is 5.44. The predicted molar refractivity (Wildman–Crippen MR) is 70.4 cm³/mol. The van der Waals surface area contributed by atoms with Crippen molar-refractivity contribution in [3.8, 4) is 0 Å². The summed E-state index contributed by atoms with van der Waals surface area (Å²) in [6.45, 7) is 2.51. The van der Waals surface area contributed by atoms with Crippen molar-refractivity contribution in [2.45, 2.75) is 26.2 Å². The van der Waals surface area contributed by atoms with E-state index in [4.69, 9.17) is 0 Å². The number of likely N-dealkylation sites (tertiary alicyclic amines) is 1. The highest BCUT2D eigenvalue weighted by molar-refractivity contribution is 5.93. The van der Waals surface area contributed by atoms with Gasteiger partial charge in [-0.25, -0.2) is 5.10 Å². The van der Waals surface area contributed by atoms with Crippen LogP contribution in [0.2, 0.25) is 0 Å². The summed E-state index contributed by atoms with van der Waals surface area (Å²) in [5.74, 6) is -1.20. The van der Waals surface area contributed by atoms with Crippen molar-refractivity contribution in [3.63, 3.8) is 0 Å². The number of amides is 1. The Morgan fingerprint density at radius 3 is 2.80 bits per heavy atom. The average Bonchev–Trinajstić information content (AvgIpc) is 2.85. The van der Waals surface area contributed by atoms with Gasteiger partial charge in [0.05, 0.1) is 5.41 Å². The van der Waals surface area contributed by atoms with Crippen molar-refractivity contribution in [3.05, 3.63) is 28.2 Å². The maximum absolute atomic E-state index is 12.2. The third-order valence-electron chi connectivity index (χ3n) is 3.72. The molecule has 0 aliphatic carbocycles. The minimum Gasteiger partial charge on any atom is -0.481 e. The van der Waals surface area contributed by atoms with E-state index >= 15 is 0 Å². The monoisotopic (exact) mass is 279 g/mol. The van der Waals surface area contributed by atoms with Gasteiger partial charge >= 0.3 is 5.97 Å². The summed E-state index contributed by atoms with van der Waals surface area (Å²) in [5, 5.41) is 15.3. The molecule has 1 unspecified atom stereocenters. The molecule has 1 aliphatic heterocycles. The fraction of sp³-hybridized carbons (Fsp3) is 0.538. The summed E-state index contributed by atoms with van der Waals surface area (Å²) in [6, 6.07) is 2.58. The number of nitrogens with one attached hydrogen (secondary N) is 1. The fourth-order valence-corrected chi connectivity index (χ4v) is 2.64. The Balaban J connectivity index is 2.16. The molecule has 7 heteroatoms. The van der Waals surface area contributed by atoms with Crippen LogP contribution in [-0.2, 0) is 4.79 Å².